The number of rotatable bonds is 8. The number of aliphatic imine (C=N–C) groups is 1. The van der Waals surface area contributed by atoms with Crippen LogP contribution in [0, 0.1) is 0 Å². The summed E-state index contributed by atoms with van der Waals surface area (Å²) in [4.78, 5) is 4.09. The van der Waals surface area contributed by atoms with Gasteiger partial charge in [-0.15, -0.1) is 0 Å². The average molecular weight is 270 g/mol. The molecule has 0 saturated carbocycles. The summed E-state index contributed by atoms with van der Waals surface area (Å²) in [5.41, 5.74) is 2.36. The van der Waals surface area contributed by atoms with Crippen LogP contribution >= 0.6 is 0 Å². The third kappa shape index (κ3) is 11.5. The molecule has 0 aliphatic rings. The second-order valence-electron chi connectivity index (χ2n) is 3.72. The molecule has 5 nitrogen and oxygen atoms in total. The van der Waals surface area contributed by atoms with Gasteiger partial charge >= 0.3 is 6.18 Å². The van der Waals surface area contributed by atoms with E-state index in [4.69, 9.17) is 10.6 Å². The number of nitrogens with zero attached hydrogens (tertiary/aromatic N) is 1. The number of methoxy groups -OCH3 is 1. The van der Waals surface area contributed by atoms with Crippen LogP contribution in [0.15, 0.2) is 4.99 Å². The summed E-state index contributed by atoms with van der Waals surface area (Å²) >= 11 is 0. The molecule has 0 spiro atoms. The van der Waals surface area contributed by atoms with E-state index in [0.29, 0.717) is 32.1 Å². The predicted molar refractivity (Wildman–Crippen MR) is 64.0 cm³/mol. The van der Waals surface area contributed by atoms with Crippen molar-refractivity contribution in [3.05, 3.63) is 0 Å². The van der Waals surface area contributed by atoms with Gasteiger partial charge in [-0.05, 0) is 19.3 Å². The van der Waals surface area contributed by atoms with Gasteiger partial charge in [0.05, 0.1) is 0 Å². The molecule has 18 heavy (non-hydrogen) atoms. The molecule has 0 atom stereocenters. The molecule has 0 aromatic rings. The van der Waals surface area contributed by atoms with Gasteiger partial charge in [-0.1, -0.05) is 0 Å². The lowest BCUT2D eigenvalue weighted by atomic mass is 10.2. The lowest BCUT2D eigenvalue weighted by molar-refractivity contribution is -0.135. The Kier molecular flexibility index (Phi) is 9.39. The van der Waals surface area contributed by atoms with Crippen LogP contribution in [0.2, 0.25) is 0 Å². The van der Waals surface area contributed by atoms with Crippen LogP contribution in [0.3, 0.4) is 0 Å². The smallest absolute Gasteiger partial charge is 0.385 e. The molecule has 0 unspecified atom stereocenters. The van der Waals surface area contributed by atoms with Crippen molar-refractivity contribution >= 4 is 5.96 Å². The fourth-order valence-electron chi connectivity index (χ4n) is 1.21. The molecule has 108 valence electrons. The zero-order valence-electron chi connectivity index (χ0n) is 10.5. The highest BCUT2D eigenvalue weighted by Crippen LogP contribution is 2.21. The van der Waals surface area contributed by atoms with Gasteiger partial charge in [0.25, 0.3) is 0 Å². The van der Waals surface area contributed by atoms with E-state index in [9.17, 15) is 13.2 Å². The number of hydrazine groups is 1. The Hall–Kier alpha value is -1.02. The van der Waals surface area contributed by atoms with E-state index in [1.807, 2.05) is 0 Å². The molecule has 0 aliphatic carbocycles. The minimum absolute atomic E-state index is 0.0953. The zero-order chi connectivity index (χ0) is 13.9. The predicted octanol–water partition coefficient (Wildman–Crippen LogP) is 1.16. The highest BCUT2D eigenvalue weighted by atomic mass is 19.4. The van der Waals surface area contributed by atoms with E-state index in [0.717, 1.165) is 6.42 Å². The van der Waals surface area contributed by atoms with Gasteiger partial charge in [-0.3, -0.25) is 10.4 Å². The van der Waals surface area contributed by atoms with Crippen molar-refractivity contribution in [2.45, 2.75) is 31.9 Å². The summed E-state index contributed by atoms with van der Waals surface area (Å²) in [5, 5.41) is 2.84. The largest absolute Gasteiger partial charge is 0.389 e. The summed E-state index contributed by atoms with van der Waals surface area (Å²) < 4.78 is 40.4. The van der Waals surface area contributed by atoms with E-state index in [-0.39, 0.29) is 6.42 Å². The van der Waals surface area contributed by atoms with Crippen molar-refractivity contribution in [1.29, 1.82) is 0 Å². The zero-order valence-corrected chi connectivity index (χ0v) is 10.5. The van der Waals surface area contributed by atoms with E-state index >= 15 is 0 Å². The first kappa shape index (κ1) is 17.0. The maximum Gasteiger partial charge on any atom is 0.389 e. The number of hydrogen-bond acceptors (Lipinski definition) is 3. The van der Waals surface area contributed by atoms with Gasteiger partial charge in [0.15, 0.2) is 0 Å². The van der Waals surface area contributed by atoms with E-state index in [2.05, 4.69) is 15.7 Å². The molecule has 0 amide bonds. The molecule has 0 saturated heterocycles. The minimum atomic E-state index is -4.08. The Morgan fingerprint density at radius 3 is 2.56 bits per heavy atom. The molecule has 0 heterocycles. The van der Waals surface area contributed by atoms with Crippen molar-refractivity contribution in [3.63, 3.8) is 0 Å². The molecular weight excluding hydrogens is 249 g/mol. The molecule has 0 fully saturated rings. The fourth-order valence-corrected chi connectivity index (χ4v) is 1.21. The van der Waals surface area contributed by atoms with Crippen LogP contribution in [0.1, 0.15) is 25.7 Å². The van der Waals surface area contributed by atoms with Crippen molar-refractivity contribution in [1.82, 2.24) is 10.7 Å². The number of alkyl halides is 3. The summed E-state index contributed by atoms with van der Waals surface area (Å²) in [6.45, 7) is 1.55. The average Bonchev–Trinajstić information content (AvgIpc) is 2.30. The Morgan fingerprint density at radius 2 is 2.00 bits per heavy atom. The van der Waals surface area contributed by atoms with Gasteiger partial charge < -0.3 is 10.1 Å². The summed E-state index contributed by atoms with van der Waals surface area (Å²) in [6.07, 6.45) is -3.57. The molecule has 4 N–H and O–H groups in total. The molecule has 0 aromatic carbocycles. The topological polar surface area (TPSA) is 71.7 Å². The molecule has 0 aliphatic heterocycles. The first-order chi connectivity index (χ1) is 8.49. The summed E-state index contributed by atoms with van der Waals surface area (Å²) in [5.74, 6) is 5.60. The number of nitrogens with two attached hydrogens (primary N) is 1. The summed E-state index contributed by atoms with van der Waals surface area (Å²) in [6, 6.07) is 0. The lowest BCUT2D eigenvalue weighted by Gasteiger charge is -2.09. The third-order valence-electron chi connectivity index (χ3n) is 2.09. The van der Waals surface area contributed by atoms with Crippen LogP contribution < -0.4 is 16.6 Å². The first-order valence-corrected chi connectivity index (χ1v) is 5.80. The number of unbranched alkanes of at least 4 members (excludes halogenated alkanes) is 1. The van der Waals surface area contributed by atoms with Gasteiger partial charge in [-0.2, -0.15) is 13.2 Å². The standard InChI is InChI=1S/C10H21F3N4O/c1-18-8-4-7-16-9(17-14)15-6-3-2-5-10(11,12)13/h2-8,14H2,1H3,(H2,15,16,17). The van der Waals surface area contributed by atoms with Gasteiger partial charge in [-0.25, -0.2) is 5.84 Å². The second kappa shape index (κ2) is 9.95. The van der Waals surface area contributed by atoms with Gasteiger partial charge in [0.1, 0.15) is 0 Å². The van der Waals surface area contributed by atoms with Crippen LogP contribution in [0.25, 0.3) is 0 Å². The second-order valence-corrected chi connectivity index (χ2v) is 3.72. The molecule has 0 aromatic heterocycles. The number of hydrogen-bond donors (Lipinski definition) is 3. The van der Waals surface area contributed by atoms with Crippen LogP contribution in [-0.2, 0) is 4.74 Å². The normalized spacial score (nSPS) is 12.6. The highest BCUT2D eigenvalue weighted by Gasteiger charge is 2.25. The Balaban J connectivity index is 3.61. The SMILES string of the molecule is COCCCN=C(NN)NCCCCC(F)(F)F. The number of halogens is 3. The van der Waals surface area contributed by atoms with Crippen molar-refractivity contribution < 1.29 is 17.9 Å². The van der Waals surface area contributed by atoms with E-state index < -0.39 is 12.6 Å². The molecule has 0 radical (unpaired) electrons. The Bertz CT molecular complexity index is 234. The van der Waals surface area contributed by atoms with Crippen LogP contribution in [-0.4, -0.2) is 38.9 Å². The number of guanidine groups is 1. The van der Waals surface area contributed by atoms with Crippen molar-refractivity contribution in [2.24, 2.45) is 10.8 Å². The maximum atomic E-state index is 11.9. The molecule has 0 bridgehead atoms. The van der Waals surface area contributed by atoms with E-state index in [1.165, 1.54) is 0 Å². The van der Waals surface area contributed by atoms with Crippen LogP contribution in [0.4, 0.5) is 13.2 Å². The van der Waals surface area contributed by atoms with Crippen molar-refractivity contribution in [2.75, 3.05) is 26.8 Å². The van der Waals surface area contributed by atoms with Gasteiger partial charge in [0.2, 0.25) is 5.96 Å². The molecule has 8 heteroatoms. The fraction of sp³-hybridized carbons (Fsp3) is 0.900. The summed E-state index contributed by atoms with van der Waals surface area (Å²) in [7, 11) is 1.60. The monoisotopic (exact) mass is 270 g/mol. The van der Waals surface area contributed by atoms with Crippen LogP contribution in [0.5, 0.6) is 0 Å². The Morgan fingerprint density at radius 1 is 1.28 bits per heavy atom. The Labute approximate surface area is 105 Å². The highest BCUT2D eigenvalue weighted by molar-refractivity contribution is 5.79. The number of ether oxygens (including phenoxy) is 1. The molecular formula is C10H21F3N4O. The minimum Gasteiger partial charge on any atom is -0.385 e. The van der Waals surface area contributed by atoms with Crippen molar-refractivity contribution in [3.8, 4) is 0 Å². The first-order valence-electron chi connectivity index (χ1n) is 5.80. The maximum absolute atomic E-state index is 11.9. The van der Waals surface area contributed by atoms with E-state index in [1.54, 1.807) is 7.11 Å². The quantitative estimate of drug-likeness (QED) is 0.203. The van der Waals surface area contributed by atoms with Gasteiger partial charge in [0, 0.05) is 33.2 Å². The number of nitrogens with one attached hydrogen (secondary N) is 2. The molecule has 0 rings (SSSR count). The third-order valence-corrected chi connectivity index (χ3v) is 2.09. The lowest BCUT2D eigenvalue weighted by Crippen LogP contribution is -2.42.